The molecule has 6 nitrogen and oxygen atoms in total. The van der Waals surface area contributed by atoms with E-state index in [2.05, 4.69) is 25.7 Å². The summed E-state index contributed by atoms with van der Waals surface area (Å²) in [7, 11) is 1.59. The lowest BCUT2D eigenvalue weighted by Crippen LogP contribution is -2.38. The summed E-state index contributed by atoms with van der Waals surface area (Å²) in [5, 5.41) is 11.2. The van der Waals surface area contributed by atoms with Crippen molar-refractivity contribution in [2.45, 2.75) is 40.2 Å². The Kier molecular flexibility index (Phi) is 7.92. The predicted octanol–water partition coefficient (Wildman–Crippen LogP) is 4.33. The fourth-order valence-electron chi connectivity index (χ4n) is 4.36. The van der Waals surface area contributed by atoms with Crippen molar-refractivity contribution in [1.29, 1.82) is 0 Å². The number of methoxy groups -OCH3 is 1. The Balaban J connectivity index is 2.10. The van der Waals surface area contributed by atoms with Gasteiger partial charge < -0.3 is 19.6 Å². The van der Waals surface area contributed by atoms with Crippen LogP contribution < -0.4 is 4.74 Å². The maximum atomic E-state index is 13.2. The Morgan fingerprint density at radius 3 is 2.27 bits per heavy atom. The number of aliphatic hydroxyl groups is 1. The zero-order chi connectivity index (χ0) is 24.1. The summed E-state index contributed by atoms with van der Waals surface area (Å²) in [5.41, 5.74) is 3.45. The molecule has 2 aromatic rings. The highest BCUT2D eigenvalue weighted by Crippen LogP contribution is 2.39. The van der Waals surface area contributed by atoms with Gasteiger partial charge in [0.25, 0.3) is 11.7 Å². The number of amides is 1. The van der Waals surface area contributed by atoms with Crippen LogP contribution in [0, 0.1) is 6.92 Å². The van der Waals surface area contributed by atoms with Crippen molar-refractivity contribution in [3.05, 3.63) is 70.3 Å². The van der Waals surface area contributed by atoms with Crippen LogP contribution in [-0.4, -0.2) is 59.9 Å². The van der Waals surface area contributed by atoms with Gasteiger partial charge in [0.15, 0.2) is 0 Å². The first-order chi connectivity index (χ1) is 15.9. The van der Waals surface area contributed by atoms with E-state index in [0.717, 1.165) is 30.6 Å². The van der Waals surface area contributed by atoms with Gasteiger partial charge in [-0.25, -0.2) is 0 Å². The van der Waals surface area contributed by atoms with Gasteiger partial charge in [0.1, 0.15) is 11.5 Å². The number of hydrogen-bond donors (Lipinski definition) is 1. The van der Waals surface area contributed by atoms with E-state index in [0.29, 0.717) is 24.4 Å². The number of hydrogen-bond acceptors (Lipinski definition) is 5. The number of carbonyl (C=O) groups excluding carboxylic acids is 2. The number of aryl methyl sites for hydroxylation is 2. The molecule has 0 aromatic heterocycles. The maximum Gasteiger partial charge on any atom is 0.295 e. The number of carbonyl (C=O) groups is 2. The Labute approximate surface area is 196 Å². The molecule has 6 heteroatoms. The van der Waals surface area contributed by atoms with Gasteiger partial charge in [0.2, 0.25) is 0 Å². The van der Waals surface area contributed by atoms with Crippen molar-refractivity contribution >= 4 is 17.4 Å². The maximum absolute atomic E-state index is 13.2. The Morgan fingerprint density at radius 1 is 1.06 bits per heavy atom. The lowest BCUT2D eigenvalue weighted by atomic mass is 9.94. The summed E-state index contributed by atoms with van der Waals surface area (Å²) >= 11 is 0. The Bertz CT molecular complexity index is 1040. The van der Waals surface area contributed by atoms with E-state index in [4.69, 9.17) is 4.74 Å². The molecule has 1 fully saturated rings. The zero-order valence-electron chi connectivity index (χ0n) is 20.2. The van der Waals surface area contributed by atoms with Crippen molar-refractivity contribution in [1.82, 2.24) is 9.80 Å². The number of likely N-dealkylation sites (N-methyl/N-ethyl adjacent to an activating group) is 1. The van der Waals surface area contributed by atoms with Gasteiger partial charge in [-0.1, -0.05) is 45.0 Å². The number of ketones is 1. The molecule has 1 aliphatic rings. The van der Waals surface area contributed by atoms with Crippen molar-refractivity contribution in [3.8, 4) is 5.75 Å². The van der Waals surface area contributed by atoms with E-state index >= 15 is 0 Å². The summed E-state index contributed by atoms with van der Waals surface area (Å²) < 4.78 is 5.32. The average Bonchev–Trinajstić information content (AvgIpc) is 3.09. The number of ether oxygens (including phenoxy) is 1. The van der Waals surface area contributed by atoms with Crippen LogP contribution in [0.2, 0.25) is 0 Å². The van der Waals surface area contributed by atoms with Crippen LogP contribution in [0.4, 0.5) is 0 Å². The van der Waals surface area contributed by atoms with Crippen LogP contribution in [0.3, 0.4) is 0 Å². The van der Waals surface area contributed by atoms with E-state index in [-0.39, 0.29) is 11.3 Å². The SMILES string of the molecule is CCc1ccc([C@@H]2C(=C(O)c3ccc(OC)c(C)c3)C(=O)C(=O)N2CCN(CC)CC)cc1. The molecule has 1 N–H and O–H groups in total. The first kappa shape index (κ1) is 24.5. The van der Waals surface area contributed by atoms with Gasteiger partial charge in [-0.3, -0.25) is 9.59 Å². The van der Waals surface area contributed by atoms with Crippen LogP contribution in [0.5, 0.6) is 5.75 Å². The van der Waals surface area contributed by atoms with E-state index in [1.165, 1.54) is 5.56 Å². The van der Waals surface area contributed by atoms with E-state index in [1.807, 2.05) is 31.2 Å². The summed E-state index contributed by atoms with van der Waals surface area (Å²) in [5.74, 6) is -0.685. The topological polar surface area (TPSA) is 70.1 Å². The number of nitrogens with zero attached hydrogens (tertiary/aromatic N) is 2. The molecule has 176 valence electrons. The van der Waals surface area contributed by atoms with Gasteiger partial charge in [-0.05, 0) is 61.3 Å². The van der Waals surface area contributed by atoms with Crippen molar-refractivity contribution in [2.75, 3.05) is 33.3 Å². The molecule has 0 saturated carbocycles. The quantitative estimate of drug-likeness (QED) is 0.350. The minimum Gasteiger partial charge on any atom is -0.507 e. The molecule has 2 aromatic carbocycles. The number of Topliss-reactive ketones (excluding diaryl/α,β-unsaturated/α-hetero) is 1. The fraction of sp³-hybridized carbons (Fsp3) is 0.407. The Hall–Kier alpha value is -3.12. The molecule has 1 atom stereocenters. The van der Waals surface area contributed by atoms with Gasteiger partial charge in [0.05, 0.1) is 18.7 Å². The van der Waals surface area contributed by atoms with E-state index < -0.39 is 17.7 Å². The zero-order valence-corrected chi connectivity index (χ0v) is 20.2. The number of benzene rings is 2. The molecule has 0 spiro atoms. The molecular formula is C27H34N2O4. The predicted molar refractivity (Wildman–Crippen MR) is 130 cm³/mol. The third kappa shape index (κ3) is 4.96. The first-order valence-electron chi connectivity index (χ1n) is 11.6. The average molecular weight is 451 g/mol. The monoisotopic (exact) mass is 450 g/mol. The minimum atomic E-state index is -0.648. The van der Waals surface area contributed by atoms with Crippen LogP contribution in [0.15, 0.2) is 48.0 Å². The second-order valence-electron chi connectivity index (χ2n) is 8.30. The number of aliphatic hydroxyl groups excluding tert-OH is 1. The molecule has 0 unspecified atom stereocenters. The minimum absolute atomic E-state index is 0.133. The van der Waals surface area contributed by atoms with Gasteiger partial charge in [0, 0.05) is 18.7 Å². The third-order valence-corrected chi connectivity index (χ3v) is 6.46. The fourth-order valence-corrected chi connectivity index (χ4v) is 4.36. The second-order valence-corrected chi connectivity index (χ2v) is 8.30. The second kappa shape index (κ2) is 10.7. The molecule has 0 aliphatic carbocycles. The number of rotatable bonds is 9. The summed E-state index contributed by atoms with van der Waals surface area (Å²) in [6.07, 6.45) is 0.896. The highest BCUT2D eigenvalue weighted by atomic mass is 16.5. The molecule has 1 saturated heterocycles. The lowest BCUT2D eigenvalue weighted by molar-refractivity contribution is -0.140. The molecule has 1 aliphatic heterocycles. The standard InChI is InChI=1S/C27H34N2O4/c1-6-19-9-11-20(12-10-19)24-23(25(30)21-13-14-22(33-5)18(4)17-21)26(31)27(32)29(24)16-15-28(7-2)8-3/h9-14,17,24,30H,6-8,15-16H2,1-5H3/t24-/m1/s1. The molecule has 3 rings (SSSR count). The van der Waals surface area contributed by atoms with Crippen molar-refractivity contribution in [3.63, 3.8) is 0 Å². The highest BCUT2D eigenvalue weighted by Gasteiger charge is 2.45. The van der Waals surface area contributed by atoms with Gasteiger partial charge in [-0.15, -0.1) is 0 Å². The summed E-state index contributed by atoms with van der Waals surface area (Å²) in [4.78, 5) is 30.1. The van der Waals surface area contributed by atoms with Crippen LogP contribution in [0.1, 0.15) is 49.1 Å². The van der Waals surface area contributed by atoms with Crippen molar-refractivity contribution < 1.29 is 19.4 Å². The summed E-state index contributed by atoms with van der Waals surface area (Å²) in [6, 6.07) is 12.5. The third-order valence-electron chi connectivity index (χ3n) is 6.46. The molecule has 0 bridgehead atoms. The number of likely N-dealkylation sites (tertiary alicyclic amines) is 1. The first-order valence-corrected chi connectivity index (χ1v) is 11.6. The van der Waals surface area contributed by atoms with Gasteiger partial charge >= 0.3 is 0 Å². The summed E-state index contributed by atoms with van der Waals surface area (Å²) in [6.45, 7) is 10.9. The molecule has 1 amide bonds. The largest absolute Gasteiger partial charge is 0.507 e. The lowest BCUT2D eigenvalue weighted by Gasteiger charge is -2.28. The molecular weight excluding hydrogens is 416 g/mol. The molecule has 33 heavy (non-hydrogen) atoms. The highest BCUT2D eigenvalue weighted by molar-refractivity contribution is 6.46. The molecule has 1 heterocycles. The van der Waals surface area contributed by atoms with Gasteiger partial charge in [-0.2, -0.15) is 0 Å². The van der Waals surface area contributed by atoms with Crippen LogP contribution in [0.25, 0.3) is 5.76 Å². The smallest absolute Gasteiger partial charge is 0.295 e. The van der Waals surface area contributed by atoms with Crippen LogP contribution >= 0.6 is 0 Å². The van der Waals surface area contributed by atoms with Crippen LogP contribution in [-0.2, 0) is 16.0 Å². The van der Waals surface area contributed by atoms with Crippen molar-refractivity contribution in [2.24, 2.45) is 0 Å². The van der Waals surface area contributed by atoms with E-state index in [1.54, 1.807) is 30.2 Å². The molecule has 0 radical (unpaired) electrons. The van der Waals surface area contributed by atoms with E-state index in [9.17, 15) is 14.7 Å². The Morgan fingerprint density at radius 2 is 1.73 bits per heavy atom. The normalized spacial score (nSPS) is 17.8.